The molecule has 0 amide bonds. The number of nitrogens with two attached hydrogens (primary N) is 1. The van der Waals surface area contributed by atoms with Crippen molar-refractivity contribution < 1.29 is 5.11 Å². The molecule has 0 aliphatic heterocycles. The first kappa shape index (κ1) is 8.23. The van der Waals surface area contributed by atoms with Crippen LogP contribution in [0.5, 0.6) is 0 Å². The summed E-state index contributed by atoms with van der Waals surface area (Å²) >= 11 is 0. The summed E-state index contributed by atoms with van der Waals surface area (Å²) in [6.45, 7) is 3.05. The fourth-order valence-corrected chi connectivity index (χ4v) is 0.861. The van der Waals surface area contributed by atoms with E-state index in [1.165, 1.54) is 0 Å². The SMILES string of the molecule is CCn1cc(C(O)CN)cn1. The van der Waals surface area contributed by atoms with Gasteiger partial charge in [-0.1, -0.05) is 0 Å². The van der Waals surface area contributed by atoms with Crippen LogP contribution in [0.2, 0.25) is 0 Å². The van der Waals surface area contributed by atoms with Gasteiger partial charge in [0.2, 0.25) is 0 Å². The molecule has 1 unspecified atom stereocenters. The summed E-state index contributed by atoms with van der Waals surface area (Å²) in [5.41, 5.74) is 6.05. The van der Waals surface area contributed by atoms with Crippen LogP contribution in [0.3, 0.4) is 0 Å². The first-order valence-electron chi connectivity index (χ1n) is 3.68. The van der Waals surface area contributed by atoms with E-state index in [1.54, 1.807) is 17.1 Å². The van der Waals surface area contributed by atoms with Gasteiger partial charge in [-0.25, -0.2) is 0 Å². The average Bonchev–Trinajstić information content (AvgIpc) is 2.50. The largest absolute Gasteiger partial charge is 0.387 e. The summed E-state index contributed by atoms with van der Waals surface area (Å²) in [5.74, 6) is 0. The maximum Gasteiger partial charge on any atom is 0.0942 e. The number of aliphatic hydroxyl groups is 1. The van der Waals surface area contributed by atoms with Crippen LogP contribution in [0.25, 0.3) is 0 Å². The molecule has 0 saturated carbocycles. The Morgan fingerprint density at radius 3 is 3.00 bits per heavy atom. The van der Waals surface area contributed by atoms with E-state index in [4.69, 9.17) is 5.73 Å². The zero-order chi connectivity index (χ0) is 8.27. The quantitative estimate of drug-likeness (QED) is 0.640. The molecule has 62 valence electrons. The van der Waals surface area contributed by atoms with Gasteiger partial charge in [-0.05, 0) is 6.92 Å². The molecule has 1 atom stereocenters. The Labute approximate surface area is 65.6 Å². The van der Waals surface area contributed by atoms with Gasteiger partial charge in [-0.3, -0.25) is 4.68 Å². The minimum Gasteiger partial charge on any atom is -0.387 e. The molecule has 11 heavy (non-hydrogen) atoms. The van der Waals surface area contributed by atoms with E-state index in [0.717, 1.165) is 12.1 Å². The van der Waals surface area contributed by atoms with Crippen molar-refractivity contribution in [2.24, 2.45) is 5.73 Å². The van der Waals surface area contributed by atoms with Crippen molar-refractivity contribution in [3.05, 3.63) is 18.0 Å². The number of aromatic nitrogens is 2. The number of nitrogens with zero attached hydrogens (tertiary/aromatic N) is 2. The molecule has 1 rings (SSSR count). The highest BCUT2D eigenvalue weighted by Gasteiger charge is 2.06. The molecule has 4 nitrogen and oxygen atoms in total. The molecule has 0 saturated heterocycles. The highest BCUT2D eigenvalue weighted by Crippen LogP contribution is 2.08. The molecule has 0 aliphatic rings. The van der Waals surface area contributed by atoms with Gasteiger partial charge < -0.3 is 10.8 Å². The number of hydrogen-bond acceptors (Lipinski definition) is 3. The summed E-state index contributed by atoms with van der Waals surface area (Å²) in [6, 6.07) is 0. The van der Waals surface area contributed by atoms with Gasteiger partial charge >= 0.3 is 0 Å². The van der Waals surface area contributed by atoms with Crippen LogP contribution in [0.15, 0.2) is 12.4 Å². The summed E-state index contributed by atoms with van der Waals surface area (Å²) in [7, 11) is 0. The van der Waals surface area contributed by atoms with Crippen molar-refractivity contribution in [2.45, 2.75) is 19.6 Å². The molecule has 1 aromatic rings. The Balaban J connectivity index is 2.71. The third-order valence-corrected chi connectivity index (χ3v) is 1.59. The van der Waals surface area contributed by atoms with Gasteiger partial charge in [0, 0.05) is 24.8 Å². The van der Waals surface area contributed by atoms with Crippen LogP contribution < -0.4 is 5.73 Å². The molecule has 0 aliphatic carbocycles. The molecule has 3 N–H and O–H groups in total. The van der Waals surface area contributed by atoms with Crippen LogP contribution in [0.4, 0.5) is 0 Å². The topological polar surface area (TPSA) is 64.1 Å². The second-order valence-corrected chi connectivity index (χ2v) is 2.38. The molecule has 0 radical (unpaired) electrons. The van der Waals surface area contributed by atoms with Crippen molar-refractivity contribution in [2.75, 3.05) is 6.54 Å². The lowest BCUT2D eigenvalue weighted by Gasteiger charge is -2.01. The molecular formula is C7H13N3O. The second-order valence-electron chi connectivity index (χ2n) is 2.38. The molecular weight excluding hydrogens is 142 g/mol. The van der Waals surface area contributed by atoms with Crippen LogP contribution in [0, 0.1) is 0 Å². The third-order valence-electron chi connectivity index (χ3n) is 1.59. The van der Waals surface area contributed by atoms with Gasteiger partial charge in [-0.2, -0.15) is 5.10 Å². The normalized spacial score (nSPS) is 13.4. The molecule has 0 spiro atoms. The standard InChI is InChI=1S/C7H13N3O/c1-2-10-5-6(4-9-10)7(11)3-8/h4-5,7,11H,2-3,8H2,1H3. The Hall–Kier alpha value is -0.870. The second kappa shape index (κ2) is 3.50. The van der Waals surface area contributed by atoms with E-state index in [1.807, 2.05) is 6.92 Å². The highest BCUT2D eigenvalue weighted by atomic mass is 16.3. The van der Waals surface area contributed by atoms with Gasteiger partial charge in [0.15, 0.2) is 0 Å². The average molecular weight is 155 g/mol. The first-order valence-corrected chi connectivity index (χ1v) is 3.68. The summed E-state index contributed by atoms with van der Waals surface area (Å²) in [5, 5.41) is 13.3. The fourth-order valence-electron chi connectivity index (χ4n) is 0.861. The highest BCUT2D eigenvalue weighted by molar-refractivity contribution is 5.07. The maximum atomic E-state index is 9.26. The third kappa shape index (κ3) is 1.78. The fraction of sp³-hybridized carbons (Fsp3) is 0.571. The Kier molecular flexibility index (Phi) is 2.62. The van der Waals surface area contributed by atoms with E-state index in [0.29, 0.717) is 0 Å². The van der Waals surface area contributed by atoms with Crippen molar-refractivity contribution in [3.8, 4) is 0 Å². The Morgan fingerprint density at radius 1 is 1.82 bits per heavy atom. The van der Waals surface area contributed by atoms with Gasteiger partial charge in [0.1, 0.15) is 0 Å². The molecule has 1 aromatic heterocycles. The number of aryl methyl sites for hydroxylation is 1. The Morgan fingerprint density at radius 2 is 2.55 bits per heavy atom. The minimum absolute atomic E-state index is 0.245. The lowest BCUT2D eigenvalue weighted by atomic mass is 10.2. The van der Waals surface area contributed by atoms with E-state index in [9.17, 15) is 5.11 Å². The monoisotopic (exact) mass is 155 g/mol. The number of hydrogen-bond donors (Lipinski definition) is 2. The zero-order valence-electron chi connectivity index (χ0n) is 6.57. The summed E-state index contributed by atoms with van der Waals surface area (Å²) < 4.78 is 1.76. The van der Waals surface area contributed by atoms with E-state index in [2.05, 4.69) is 5.10 Å². The van der Waals surface area contributed by atoms with Crippen molar-refractivity contribution in [1.29, 1.82) is 0 Å². The summed E-state index contributed by atoms with van der Waals surface area (Å²) in [6.07, 6.45) is 2.87. The lowest BCUT2D eigenvalue weighted by Crippen LogP contribution is -2.10. The number of aliphatic hydroxyl groups excluding tert-OH is 1. The van der Waals surface area contributed by atoms with Gasteiger partial charge in [-0.15, -0.1) is 0 Å². The molecule has 4 heteroatoms. The van der Waals surface area contributed by atoms with E-state index >= 15 is 0 Å². The van der Waals surface area contributed by atoms with E-state index in [-0.39, 0.29) is 6.54 Å². The van der Waals surface area contributed by atoms with Gasteiger partial charge in [0.25, 0.3) is 0 Å². The molecule has 1 heterocycles. The lowest BCUT2D eigenvalue weighted by molar-refractivity contribution is 0.186. The number of rotatable bonds is 3. The van der Waals surface area contributed by atoms with Crippen molar-refractivity contribution in [3.63, 3.8) is 0 Å². The smallest absolute Gasteiger partial charge is 0.0942 e. The minimum atomic E-state index is -0.574. The molecule has 0 bridgehead atoms. The van der Waals surface area contributed by atoms with Crippen molar-refractivity contribution >= 4 is 0 Å². The Bertz CT molecular complexity index is 221. The van der Waals surface area contributed by atoms with Gasteiger partial charge in [0.05, 0.1) is 12.3 Å². The maximum absolute atomic E-state index is 9.26. The van der Waals surface area contributed by atoms with Crippen molar-refractivity contribution in [1.82, 2.24) is 9.78 Å². The summed E-state index contributed by atoms with van der Waals surface area (Å²) in [4.78, 5) is 0. The van der Waals surface area contributed by atoms with Crippen LogP contribution in [0.1, 0.15) is 18.6 Å². The molecule has 0 aromatic carbocycles. The van der Waals surface area contributed by atoms with Crippen LogP contribution in [-0.4, -0.2) is 21.4 Å². The predicted octanol–water partition coefficient (Wildman–Crippen LogP) is -0.105. The zero-order valence-corrected chi connectivity index (χ0v) is 6.57. The predicted molar refractivity (Wildman–Crippen MR) is 41.9 cm³/mol. The van der Waals surface area contributed by atoms with Crippen LogP contribution in [-0.2, 0) is 6.54 Å². The molecule has 0 fully saturated rings. The van der Waals surface area contributed by atoms with Crippen LogP contribution >= 0.6 is 0 Å². The van der Waals surface area contributed by atoms with E-state index < -0.39 is 6.10 Å². The first-order chi connectivity index (χ1) is 5.27.